The van der Waals surface area contributed by atoms with Gasteiger partial charge in [-0.2, -0.15) is 0 Å². The van der Waals surface area contributed by atoms with Gasteiger partial charge in [0.1, 0.15) is 5.69 Å². The van der Waals surface area contributed by atoms with Crippen LogP contribution in [0.15, 0.2) is 24.3 Å². The largest absolute Gasteiger partial charge is 0.396 e. The van der Waals surface area contributed by atoms with Crippen molar-refractivity contribution >= 4 is 45.7 Å². The van der Waals surface area contributed by atoms with Gasteiger partial charge in [-0.05, 0) is 50.1 Å². The number of thiazole rings is 1. The maximum absolute atomic E-state index is 13.0. The van der Waals surface area contributed by atoms with Crippen LogP contribution in [0.25, 0.3) is 10.9 Å². The number of H-pyrrole nitrogens is 1. The first kappa shape index (κ1) is 22.3. The van der Waals surface area contributed by atoms with Gasteiger partial charge in [0.05, 0.1) is 5.69 Å². The summed E-state index contributed by atoms with van der Waals surface area (Å²) in [5.41, 5.74) is 2.26. The zero-order valence-electron chi connectivity index (χ0n) is 18.2. The Kier molecular flexibility index (Phi) is 6.13. The molecule has 4 N–H and O–H groups in total. The first-order chi connectivity index (χ1) is 15.9. The number of fused-ring (bicyclic) bond motifs is 2. The second kappa shape index (κ2) is 9.06. The minimum atomic E-state index is -0.283. The number of nitrogens with zero attached hydrogens (tertiary/aromatic N) is 2. The van der Waals surface area contributed by atoms with Crippen molar-refractivity contribution < 1.29 is 14.7 Å². The molecular weight excluding hydrogens is 462 g/mol. The highest BCUT2D eigenvalue weighted by atomic mass is 35.5. The molecule has 1 aromatic carbocycles. The average molecular weight is 488 g/mol. The van der Waals surface area contributed by atoms with Gasteiger partial charge in [-0.25, -0.2) is 4.98 Å². The third-order valence-electron chi connectivity index (χ3n) is 6.50. The second-order valence-electron chi connectivity index (χ2n) is 8.97. The van der Waals surface area contributed by atoms with Gasteiger partial charge in [0.25, 0.3) is 11.8 Å². The highest BCUT2D eigenvalue weighted by Crippen LogP contribution is 2.28. The number of rotatable bonds is 5. The summed E-state index contributed by atoms with van der Waals surface area (Å²) >= 11 is 7.49. The van der Waals surface area contributed by atoms with Crippen LogP contribution in [-0.2, 0) is 13.0 Å². The maximum atomic E-state index is 13.0. The van der Waals surface area contributed by atoms with E-state index in [1.807, 2.05) is 6.07 Å². The number of hydrogen-bond acceptors (Lipinski definition) is 6. The quantitative estimate of drug-likeness (QED) is 0.442. The van der Waals surface area contributed by atoms with E-state index >= 15 is 0 Å². The van der Waals surface area contributed by atoms with E-state index < -0.39 is 0 Å². The first-order valence-electron chi connectivity index (χ1n) is 11.1. The zero-order valence-corrected chi connectivity index (χ0v) is 19.8. The Balaban J connectivity index is 1.29. The molecule has 8 nitrogen and oxygen atoms in total. The lowest BCUT2D eigenvalue weighted by Gasteiger charge is -2.21. The number of nitrogens with one attached hydrogen (secondary N) is 3. The predicted molar refractivity (Wildman–Crippen MR) is 128 cm³/mol. The zero-order chi connectivity index (χ0) is 23.1. The number of halogens is 1. The van der Waals surface area contributed by atoms with Crippen LogP contribution in [0.5, 0.6) is 0 Å². The summed E-state index contributed by atoms with van der Waals surface area (Å²) in [7, 11) is 2.06. The van der Waals surface area contributed by atoms with Gasteiger partial charge in [-0.3, -0.25) is 9.59 Å². The molecule has 3 heterocycles. The minimum absolute atomic E-state index is 0.0141. The molecule has 2 unspecified atom stereocenters. The highest BCUT2D eigenvalue weighted by Gasteiger charge is 2.37. The summed E-state index contributed by atoms with van der Waals surface area (Å²) < 4.78 is 0. The van der Waals surface area contributed by atoms with Crippen molar-refractivity contribution in [3.8, 4) is 0 Å². The molecular formula is C23H26ClN5O3S. The summed E-state index contributed by atoms with van der Waals surface area (Å²) in [6, 6.07) is 6.61. The normalized spacial score (nSPS) is 22.9. The van der Waals surface area contributed by atoms with Crippen molar-refractivity contribution in [1.29, 1.82) is 0 Å². The standard InChI is InChI=1S/C23H26ClN5O3S/c1-29-5-4-16-20(10-29)33-23(28-16)22(32)27-18-7-12(11-30)6-17(18)26-21(31)19-9-13-8-14(24)2-3-15(13)25-19/h2-3,8-9,12,17-18,25,30H,4-7,10-11H2,1H3,(H,26,31)(H,27,32)/t12?,17?,18-/m1/s1. The molecule has 0 saturated heterocycles. The van der Waals surface area contributed by atoms with Crippen molar-refractivity contribution in [2.24, 2.45) is 5.92 Å². The Morgan fingerprint density at radius 2 is 2.00 bits per heavy atom. The van der Waals surface area contributed by atoms with Crippen LogP contribution in [0, 0.1) is 5.92 Å². The number of aromatic amines is 1. The van der Waals surface area contributed by atoms with E-state index in [0.29, 0.717) is 28.6 Å². The molecule has 2 amide bonds. The Morgan fingerprint density at radius 1 is 1.24 bits per heavy atom. The van der Waals surface area contributed by atoms with Crippen molar-refractivity contribution in [1.82, 2.24) is 25.5 Å². The van der Waals surface area contributed by atoms with Gasteiger partial charge in [-0.15, -0.1) is 11.3 Å². The lowest BCUT2D eigenvalue weighted by molar-refractivity contribution is 0.0889. The molecule has 1 aliphatic heterocycles. The lowest BCUT2D eigenvalue weighted by atomic mass is 10.1. The monoisotopic (exact) mass is 487 g/mol. The fourth-order valence-corrected chi connectivity index (χ4v) is 6.01. The molecule has 0 radical (unpaired) electrons. The number of benzene rings is 1. The summed E-state index contributed by atoms with van der Waals surface area (Å²) in [6.45, 7) is 1.76. The Labute approximate surface area is 200 Å². The topological polar surface area (TPSA) is 110 Å². The summed E-state index contributed by atoms with van der Waals surface area (Å²) in [5.74, 6) is -0.460. The minimum Gasteiger partial charge on any atom is -0.396 e. The average Bonchev–Trinajstić information content (AvgIpc) is 3.49. The number of aliphatic hydroxyl groups excluding tert-OH is 1. The van der Waals surface area contributed by atoms with Gasteiger partial charge < -0.3 is 25.6 Å². The van der Waals surface area contributed by atoms with Crippen LogP contribution in [0.2, 0.25) is 5.02 Å². The van der Waals surface area contributed by atoms with E-state index in [4.69, 9.17) is 11.6 Å². The fraction of sp³-hybridized carbons (Fsp3) is 0.435. The molecule has 0 bridgehead atoms. The molecule has 2 aliphatic rings. The maximum Gasteiger partial charge on any atom is 0.280 e. The lowest BCUT2D eigenvalue weighted by Crippen LogP contribution is -2.48. The molecule has 5 rings (SSSR count). The molecule has 10 heteroatoms. The number of aromatic nitrogens is 2. The van der Waals surface area contributed by atoms with Crippen LogP contribution in [0.4, 0.5) is 0 Å². The summed E-state index contributed by atoms with van der Waals surface area (Å²) in [4.78, 5) is 37.0. The SMILES string of the molecule is CN1CCc2nc(C(=O)N[C@@H]3CC(CO)CC3NC(=O)c3cc4cc(Cl)ccc4[nH]3)sc2C1. The van der Waals surface area contributed by atoms with Gasteiger partial charge in [0.2, 0.25) is 0 Å². The molecule has 3 atom stereocenters. The van der Waals surface area contributed by atoms with Crippen molar-refractivity contribution in [3.05, 3.63) is 50.6 Å². The number of carbonyl (C=O) groups excluding carboxylic acids is 2. The smallest absolute Gasteiger partial charge is 0.280 e. The number of likely N-dealkylation sites (N-methyl/N-ethyl adjacent to an activating group) is 1. The van der Waals surface area contributed by atoms with Crippen molar-refractivity contribution in [2.75, 3.05) is 20.2 Å². The molecule has 2 aromatic heterocycles. The number of aliphatic hydroxyl groups is 1. The molecule has 0 spiro atoms. The predicted octanol–water partition coefficient (Wildman–Crippen LogP) is 2.57. The molecule has 3 aromatic rings. The first-order valence-corrected chi connectivity index (χ1v) is 12.3. The molecule has 174 valence electrons. The van der Waals surface area contributed by atoms with Crippen LogP contribution >= 0.6 is 22.9 Å². The van der Waals surface area contributed by atoms with E-state index in [-0.39, 0.29) is 36.4 Å². The number of carbonyl (C=O) groups is 2. The molecule has 1 aliphatic carbocycles. The Bertz CT molecular complexity index is 1210. The number of hydrogen-bond donors (Lipinski definition) is 4. The van der Waals surface area contributed by atoms with Crippen LogP contribution < -0.4 is 10.6 Å². The van der Waals surface area contributed by atoms with E-state index in [2.05, 4.69) is 32.5 Å². The molecule has 1 saturated carbocycles. The molecule has 33 heavy (non-hydrogen) atoms. The summed E-state index contributed by atoms with van der Waals surface area (Å²) in [5, 5.41) is 17.7. The van der Waals surface area contributed by atoms with Gasteiger partial charge in [-0.1, -0.05) is 11.6 Å². The van der Waals surface area contributed by atoms with Gasteiger partial charge >= 0.3 is 0 Å². The van der Waals surface area contributed by atoms with Crippen LogP contribution in [-0.4, -0.2) is 64.1 Å². The van der Waals surface area contributed by atoms with Crippen molar-refractivity contribution in [2.45, 2.75) is 37.9 Å². The van der Waals surface area contributed by atoms with Gasteiger partial charge in [0, 0.05) is 59.0 Å². The highest BCUT2D eigenvalue weighted by molar-refractivity contribution is 7.13. The van der Waals surface area contributed by atoms with E-state index in [9.17, 15) is 14.7 Å². The third kappa shape index (κ3) is 4.63. The fourth-order valence-electron chi connectivity index (χ4n) is 4.73. The Morgan fingerprint density at radius 3 is 2.76 bits per heavy atom. The third-order valence-corrected chi connectivity index (χ3v) is 7.81. The van der Waals surface area contributed by atoms with E-state index in [0.717, 1.165) is 41.0 Å². The van der Waals surface area contributed by atoms with Gasteiger partial charge in [0.15, 0.2) is 5.01 Å². The molecule has 1 fully saturated rings. The van der Waals surface area contributed by atoms with E-state index in [1.54, 1.807) is 18.2 Å². The van der Waals surface area contributed by atoms with E-state index in [1.165, 1.54) is 11.3 Å². The van der Waals surface area contributed by atoms with Crippen LogP contribution in [0.1, 0.15) is 43.7 Å². The summed E-state index contributed by atoms with van der Waals surface area (Å²) in [6.07, 6.45) is 2.04. The second-order valence-corrected chi connectivity index (χ2v) is 10.5. The van der Waals surface area contributed by atoms with Crippen LogP contribution in [0.3, 0.4) is 0 Å². The van der Waals surface area contributed by atoms with Crippen molar-refractivity contribution in [3.63, 3.8) is 0 Å². The number of amides is 2. The Hall–Kier alpha value is -2.46.